The van der Waals surface area contributed by atoms with Crippen LogP contribution >= 0.6 is 0 Å². The van der Waals surface area contributed by atoms with Gasteiger partial charge in [-0.15, -0.1) is 0 Å². The van der Waals surface area contributed by atoms with E-state index >= 15 is 0 Å². The first-order valence-electron chi connectivity index (χ1n) is 9.81. The number of anilines is 1. The van der Waals surface area contributed by atoms with Crippen molar-refractivity contribution in [1.29, 1.82) is 0 Å². The average Bonchev–Trinajstić information content (AvgIpc) is 3.21. The van der Waals surface area contributed by atoms with Gasteiger partial charge in [-0.3, -0.25) is 4.98 Å². The number of rotatable bonds is 3. The van der Waals surface area contributed by atoms with Crippen molar-refractivity contribution in [1.82, 2.24) is 30.2 Å². The Morgan fingerprint density at radius 2 is 1.90 bits per heavy atom. The van der Waals surface area contributed by atoms with Crippen LogP contribution in [-0.4, -0.2) is 51.1 Å². The largest absolute Gasteiger partial charge is 0.353 e. The quantitative estimate of drug-likeness (QED) is 0.568. The standard InChI is InChI=1S/C22H19N7/c1-2-14(3-1)17-12-24-13-18-19(17)22(29-10-8-23-9-11-29)28-21(27-18)16-5-7-26-20-15(16)4-6-25-20/h1-7,12-13,23H,8-11H2,(H,25,26). The summed E-state index contributed by atoms with van der Waals surface area (Å²) in [7, 11) is 0. The number of hydrogen-bond donors (Lipinski definition) is 2. The molecule has 2 aliphatic rings. The topological polar surface area (TPSA) is 82.6 Å². The molecular formula is C22H19N7. The molecule has 1 fully saturated rings. The maximum atomic E-state index is 5.09. The third kappa shape index (κ3) is 2.62. The molecule has 5 heterocycles. The van der Waals surface area contributed by atoms with Gasteiger partial charge >= 0.3 is 0 Å². The maximum Gasteiger partial charge on any atom is 0.163 e. The first-order chi connectivity index (χ1) is 14.4. The number of pyridine rings is 2. The predicted octanol–water partition coefficient (Wildman–Crippen LogP) is 2.93. The zero-order valence-electron chi connectivity index (χ0n) is 15.8. The third-order valence-electron chi connectivity index (χ3n) is 5.57. The van der Waals surface area contributed by atoms with Crippen LogP contribution < -0.4 is 10.2 Å². The van der Waals surface area contributed by atoms with Crippen molar-refractivity contribution in [2.24, 2.45) is 0 Å². The van der Waals surface area contributed by atoms with Crippen molar-refractivity contribution >= 4 is 33.3 Å². The molecule has 6 rings (SSSR count). The van der Waals surface area contributed by atoms with Crippen molar-refractivity contribution in [3.63, 3.8) is 0 Å². The van der Waals surface area contributed by atoms with Gasteiger partial charge in [0.05, 0.1) is 17.1 Å². The summed E-state index contributed by atoms with van der Waals surface area (Å²) in [6.45, 7) is 3.72. The number of aromatic nitrogens is 5. The fourth-order valence-corrected chi connectivity index (χ4v) is 4.04. The van der Waals surface area contributed by atoms with Crippen molar-refractivity contribution in [3.8, 4) is 11.4 Å². The van der Waals surface area contributed by atoms with Crippen LogP contribution in [0.2, 0.25) is 0 Å². The molecule has 29 heavy (non-hydrogen) atoms. The van der Waals surface area contributed by atoms with Crippen molar-refractivity contribution in [2.75, 3.05) is 31.1 Å². The number of piperazine rings is 1. The highest BCUT2D eigenvalue weighted by Gasteiger charge is 2.22. The fourth-order valence-electron chi connectivity index (χ4n) is 4.04. The highest BCUT2D eigenvalue weighted by atomic mass is 15.2. The summed E-state index contributed by atoms with van der Waals surface area (Å²) in [5.41, 5.74) is 4.94. The van der Waals surface area contributed by atoms with Crippen LogP contribution in [0.15, 0.2) is 55.1 Å². The summed E-state index contributed by atoms with van der Waals surface area (Å²) in [4.78, 5) is 24.4. The van der Waals surface area contributed by atoms with E-state index in [9.17, 15) is 0 Å². The first-order valence-corrected chi connectivity index (χ1v) is 9.81. The second kappa shape index (κ2) is 6.49. The summed E-state index contributed by atoms with van der Waals surface area (Å²) >= 11 is 0. The van der Waals surface area contributed by atoms with Gasteiger partial charge in [-0.05, 0) is 17.7 Å². The minimum Gasteiger partial charge on any atom is -0.353 e. The average molecular weight is 381 g/mol. The molecule has 0 amide bonds. The normalized spacial score (nSPS) is 16.3. The van der Waals surface area contributed by atoms with Gasteiger partial charge < -0.3 is 15.2 Å². The summed E-state index contributed by atoms with van der Waals surface area (Å²) < 4.78 is 0. The van der Waals surface area contributed by atoms with Crippen LogP contribution in [-0.2, 0) is 0 Å². The molecule has 0 aromatic carbocycles. The minimum absolute atomic E-state index is 0.704. The van der Waals surface area contributed by atoms with E-state index in [0.29, 0.717) is 5.82 Å². The lowest BCUT2D eigenvalue weighted by Gasteiger charge is -2.30. The first kappa shape index (κ1) is 16.4. The van der Waals surface area contributed by atoms with Gasteiger partial charge in [-0.25, -0.2) is 15.0 Å². The lowest BCUT2D eigenvalue weighted by Crippen LogP contribution is -2.44. The van der Waals surface area contributed by atoms with Crippen LogP contribution in [0.4, 0.5) is 5.82 Å². The van der Waals surface area contributed by atoms with Gasteiger partial charge in [0.1, 0.15) is 11.5 Å². The van der Waals surface area contributed by atoms with E-state index < -0.39 is 0 Å². The second-order valence-corrected chi connectivity index (χ2v) is 7.27. The molecule has 0 atom stereocenters. The van der Waals surface area contributed by atoms with Gasteiger partial charge in [-0.2, -0.15) is 0 Å². The third-order valence-corrected chi connectivity index (χ3v) is 5.57. The second-order valence-electron chi connectivity index (χ2n) is 7.27. The Kier molecular flexibility index (Phi) is 3.67. The highest BCUT2D eigenvalue weighted by Crippen LogP contribution is 2.36. The zero-order valence-corrected chi connectivity index (χ0v) is 15.8. The molecule has 0 radical (unpaired) electrons. The molecule has 4 aromatic rings. The predicted molar refractivity (Wildman–Crippen MR) is 115 cm³/mol. The smallest absolute Gasteiger partial charge is 0.163 e. The maximum absolute atomic E-state index is 5.09. The van der Waals surface area contributed by atoms with E-state index in [1.54, 1.807) is 6.20 Å². The van der Waals surface area contributed by atoms with Gasteiger partial charge in [0, 0.05) is 61.3 Å². The van der Waals surface area contributed by atoms with E-state index in [1.807, 2.05) is 36.8 Å². The van der Waals surface area contributed by atoms with E-state index in [2.05, 4.69) is 37.3 Å². The molecule has 0 bridgehead atoms. The van der Waals surface area contributed by atoms with Gasteiger partial charge in [0.15, 0.2) is 5.82 Å². The monoisotopic (exact) mass is 381 g/mol. The number of fused-ring (bicyclic) bond motifs is 2. The Hall–Kier alpha value is -3.58. The summed E-state index contributed by atoms with van der Waals surface area (Å²) in [5, 5.41) is 5.52. The van der Waals surface area contributed by atoms with E-state index in [0.717, 1.165) is 65.1 Å². The van der Waals surface area contributed by atoms with Gasteiger partial charge in [0.2, 0.25) is 0 Å². The Morgan fingerprint density at radius 3 is 2.72 bits per heavy atom. The zero-order chi connectivity index (χ0) is 19.2. The van der Waals surface area contributed by atoms with Crippen LogP contribution in [0.1, 0.15) is 5.56 Å². The molecule has 2 N–H and O–H groups in total. The minimum atomic E-state index is 0.704. The molecule has 7 nitrogen and oxygen atoms in total. The molecular weight excluding hydrogens is 362 g/mol. The van der Waals surface area contributed by atoms with Gasteiger partial charge in [-0.1, -0.05) is 18.2 Å². The highest BCUT2D eigenvalue weighted by molar-refractivity contribution is 6.03. The van der Waals surface area contributed by atoms with Crippen LogP contribution in [0, 0.1) is 0 Å². The van der Waals surface area contributed by atoms with Crippen molar-refractivity contribution in [3.05, 3.63) is 60.7 Å². The number of aromatic amines is 1. The molecule has 7 heteroatoms. The lowest BCUT2D eigenvalue weighted by atomic mass is 9.97. The Labute approximate surface area is 167 Å². The summed E-state index contributed by atoms with van der Waals surface area (Å²) in [6, 6.07) is 4.00. The number of nitrogens with one attached hydrogen (secondary N) is 2. The molecule has 0 unspecified atom stereocenters. The van der Waals surface area contributed by atoms with Crippen molar-refractivity contribution < 1.29 is 0 Å². The summed E-state index contributed by atoms with van der Waals surface area (Å²) in [6.07, 6.45) is 13.7. The Morgan fingerprint density at radius 1 is 1.00 bits per heavy atom. The van der Waals surface area contributed by atoms with Gasteiger partial charge in [0.25, 0.3) is 0 Å². The van der Waals surface area contributed by atoms with E-state index in [1.165, 1.54) is 5.57 Å². The number of nitrogens with zero attached hydrogens (tertiary/aromatic N) is 5. The number of H-pyrrole nitrogens is 1. The molecule has 1 saturated heterocycles. The van der Waals surface area contributed by atoms with Crippen molar-refractivity contribution in [2.45, 2.75) is 0 Å². The lowest BCUT2D eigenvalue weighted by molar-refractivity contribution is 0.586. The molecule has 142 valence electrons. The van der Waals surface area contributed by atoms with Crippen LogP contribution in [0.25, 0.3) is 38.9 Å². The fraction of sp³-hybridized carbons (Fsp3) is 0.182. The van der Waals surface area contributed by atoms with Crippen LogP contribution in [0.3, 0.4) is 0 Å². The van der Waals surface area contributed by atoms with Crippen LogP contribution in [0.5, 0.6) is 0 Å². The number of allylic oxidation sites excluding steroid dienone is 4. The van der Waals surface area contributed by atoms with E-state index in [-0.39, 0.29) is 0 Å². The van der Waals surface area contributed by atoms with E-state index in [4.69, 9.17) is 9.97 Å². The molecule has 0 spiro atoms. The molecule has 0 saturated carbocycles. The molecule has 1 aliphatic carbocycles. The Bertz CT molecular complexity index is 1300. The molecule has 1 aliphatic heterocycles. The summed E-state index contributed by atoms with van der Waals surface area (Å²) in [5.74, 6) is 1.68. The molecule has 4 aromatic heterocycles. The number of hydrogen-bond acceptors (Lipinski definition) is 6. The SMILES string of the molecule is C1=CC(c2cncc3nc(-c4ccnc5[nH]ccc45)nc(N4CCNCC4)c23)=C1. The Balaban J connectivity index is 1.63.